The predicted octanol–water partition coefficient (Wildman–Crippen LogP) is 3.64. The number of hydrogen-bond acceptors (Lipinski definition) is 10. The van der Waals surface area contributed by atoms with Crippen molar-refractivity contribution in [3.8, 4) is 28.7 Å². The molecule has 10 nitrogen and oxygen atoms in total. The minimum atomic E-state index is -0.432. The van der Waals surface area contributed by atoms with Gasteiger partial charge in [0.1, 0.15) is 5.82 Å². The molecule has 1 saturated heterocycles. The molecule has 3 heterocycles. The summed E-state index contributed by atoms with van der Waals surface area (Å²) in [6, 6.07) is 7.78. The van der Waals surface area contributed by atoms with Gasteiger partial charge in [0, 0.05) is 17.1 Å². The van der Waals surface area contributed by atoms with Crippen molar-refractivity contribution in [2.75, 3.05) is 34.7 Å². The first-order chi connectivity index (χ1) is 17.5. The van der Waals surface area contributed by atoms with Gasteiger partial charge in [-0.1, -0.05) is 11.8 Å². The van der Waals surface area contributed by atoms with E-state index >= 15 is 0 Å². The van der Waals surface area contributed by atoms with Gasteiger partial charge in [0.15, 0.2) is 23.0 Å². The number of nitrogens with one attached hydrogen (secondary N) is 1. The smallest absolute Gasteiger partial charge is 0.310 e. The largest absolute Gasteiger partial charge is 0.493 e. The third kappa shape index (κ3) is 3.52. The molecule has 1 N–H and O–H groups in total. The van der Waals surface area contributed by atoms with Crippen LogP contribution in [0.1, 0.15) is 33.7 Å². The zero-order chi connectivity index (χ0) is 25.0. The van der Waals surface area contributed by atoms with Crippen molar-refractivity contribution in [1.82, 2.24) is 15.2 Å². The van der Waals surface area contributed by atoms with Crippen LogP contribution in [0.3, 0.4) is 0 Å². The number of aromatic amines is 1. The number of thioether (sulfide) groups is 1. The molecular formula is C25H25N3O7S. The van der Waals surface area contributed by atoms with Crippen molar-refractivity contribution in [1.29, 1.82) is 0 Å². The Kier molecular flexibility index (Phi) is 5.59. The van der Waals surface area contributed by atoms with Crippen molar-refractivity contribution in [2.24, 2.45) is 11.8 Å². The SMILES string of the molecule is COc1cc([C@@H]2c3cc4c(cc3[C@@H](Sc3n[nH]c(C)n3)[C@H]3COC(=O)[C@H]23)OCO4)cc(OC)c1OC. The molecule has 36 heavy (non-hydrogen) atoms. The summed E-state index contributed by atoms with van der Waals surface area (Å²) >= 11 is 1.52. The van der Waals surface area contributed by atoms with E-state index in [0.717, 1.165) is 22.5 Å². The number of ether oxygens (including phenoxy) is 6. The zero-order valence-corrected chi connectivity index (χ0v) is 21.0. The number of H-pyrrole nitrogens is 1. The van der Waals surface area contributed by atoms with Gasteiger partial charge in [-0.3, -0.25) is 9.89 Å². The van der Waals surface area contributed by atoms with Crippen molar-refractivity contribution in [3.63, 3.8) is 0 Å². The zero-order valence-electron chi connectivity index (χ0n) is 20.2. The van der Waals surface area contributed by atoms with Crippen LogP contribution in [0.25, 0.3) is 0 Å². The average molecular weight is 512 g/mol. The van der Waals surface area contributed by atoms with Crippen LogP contribution in [-0.2, 0) is 9.53 Å². The van der Waals surface area contributed by atoms with E-state index in [2.05, 4.69) is 15.2 Å². The van der Waals surface area contributed by atoms with Crippen LogP contribution in [0.5, 0.6) is 28.7 Å². The maximum atomic E-state index is 13.3. The summed E-state index contributed by atoms with van der Waals surface area (Å²) in [4.78, 5) is 17.8. The highest BCUT2D eigenvalue weighted by Gasteiger charge is 2.53. The van der Waals surface area contributed by atoms with E-state index in [1.807, 2.05) is 31.2 Å². The van der Waals surface area contributed by atoms with Gasteiger partial charge in [0.25, 0.3) is 0 Å². The fourth-order valence-electron chi connectivity index (χ4n) is 5.43. The summed E-state index contributed by atoms with van der Waals surface area (Å²) < 4.78 is 33.9. The Labute approximate surface area is 211 Å². The number of rotatable bonds is 6. The summed E-state index contributed by atoms with van der Waals surface area (Å²) in [5, 5.41) is 7.72. The fourth-order valence-corrected chi connectivity index (χ4v) is 6.70. The van der Waals surface area contributed by atoms with E-state index < -0.39 is 5.92 Å². The number of carbonyl (C=O) groups is 1. The molecule has 6 rings (SSSR count). The maximum Gasteiger partial charge on any atom is 0.310 e. The maximum absolute atomic E-state index is 13.3. The minimum absolute atomic E-state index is 0.113. The predicted molar refractivity (Wildman–Crippen MR) is 128 cm³/mol. The molecule has 0 radical (unpaired) electrons. The average Bonchev–Trinajstić information content (AvgIpc) is 3.62. The number of nitrogens with zero attached hydrogens (tertiary/aromatic N) is 2. The van der Waals surface area contributed by atoms with Gasteiger partial charge in [-0.25, -0.2) is 4.98 Å². The lowest BCUT2D eigenvalue weighted by Gasteiger charge is -2.38. The normalized spacial score (nSPS) is 23.6. The molecule has 2 aliphatic heterocycles. The summed E-state index contributed by atoms with van der Waals surface area (Å²) in [7, 11) is 4.71. The second kappa shape index (κ2) is 8.81. The van der Waals surface area contributed by atoms with Crippen LogP contribution in [-0.4, -0.2) is 55.9 Å². The van der Waals surface area contributed by atoms with Gasteiger partial charge >= 0.3 is 5.97 Å². The van der Waals surface area contributed by atoms with Crippen LogP contribution in [0, 0.1) is 18.8 Å². The molecule has 0 spiro atoms. The molecule has 0 bridgehead atoms. The van der Waals surface area contributed by atoms with Crippen molar-refractivity contribution in [3.05, 3.63) is 46.8 Å². The number of esters is 1. The first kappa shape index (κ1) is 22.8. The molecule has 0 amide bonds. The van der Waals surface area contributed by atoms with Gasteiger partial charge in [0.05, 0.1) is 33.9 Å². The van der Waals surface area contributed by atoms with Gasteiger partial charge in [-0.15, -0.1) is 5.10 Å². The number of aromatic nitrogens is 3. The topological polar surface area (TPSA) is 114 Å². The van der Waals surface area contributed by atoms with Gasteiger partial charge in [0.2, 0.25) is 17.7 Å². The van der Waals surface area contributed by atoms with Crippen LogP contribution < -0.4 is 23.7 Å². The van der Waals surface area contributed by atoms with E-state index in [1.165, 1.54) is 11.8 Å². The number of aryl methyl sites for hydroxylation is 1. The van der Waals surface area contributed by atoms with Gasteiger partial charge in [-0.2, -0.15) is 0 Å². The van der Waals surface area contributed by atoms with E-state index in [0.29, 0.717) is 40.5 Å². The number of carbonyl (C=O) groups excluding carboxylic acids is 1. The number of hydrogen-bond donors (Lipinski definition) is 1. The second-order valence-corrected chi connectivity index (χ2v) is 9.94. The number of fused-ring (bicyclic) bond motifs is 3. The van der Waals surface area contributed by atoms with E-state index in [9.17, 15) is 4.79 Å². The van der Waals surface area contributed by atoms with Crippen LogP contribution in [0.2, 0.25) is 0 Å². The van der Waals surface area contributed by atoms with Crippen LogP contribution >= 0.6 is 11.8 Å². The summed E-state index contributed by atoms with van der Waals surface area (Å²) in [5.41, 5.74) is 2.85. The third-order valence-electron chi connectivity index (χ3n) is 6.97. The monoisotopic (exact) mass is 511 g/mol. The molecule has 2 aromatic carbocycles. The van der Waals surface area contributed by atoms with E-state index in [4.69, 9.17) is 28.4 Å². The van der Waals surface area contributed by atoms with Gasteiger partial charge in [-0.05, 0) is 47.9 Å². The molecular weight excluding hydrogens is 486 g/mol. The lowest BCUT2D eigenvalue weighted by molar-refractivity contribution is -0.141. The molecule has 1 aliphatic carbocycles. The summed E-state index contributed by atoms with van der Waals surface area (Å²) in [6.45, 7) is 2.31. The fraction of sp³-hybridized carbons (Fsp3) is 0.400. The Bertz CT molecular complexity index is 1320. The van der Waals surface area contributed by atoms with E-state index in [1.54, 1.807) is 21.3 Å². The van der Waals surface area contributed by atoms with Crippen molar-refractivity contribution in [2.45, 2.75) is 23.2 Å². The van der Waals surface area contributed by atoms with Crippen LogP contribution in [0.15, 0.2) is 29.4 Å². The number of cyclic esters (lactones) is 1. The minimum Gasteiger partial charge on any atom is -0.493 e. The molecule has 3 aliphatic rings. The lowest BCUT2D eigenvalue weighted by Crippen LogP contribution is -2.33. The lowest BCUT2D eigenvalue weighted by atomic mass is 9.67. The standard InChI is InChI=1S/C25H25N3O7S/c1-11-26-25(28-27-11)36-23-14-8-17-16(34-10-35-17)7-13(14)20(21-15(23)9-33-24(21)29)12-5-18(30-2)22(32-4)19(6-12)31-3/h5-8,15,20-21,23H,9-10H2,1-4H3,(H,26,27,28)/t15-,20+,21-,23+/m0/s1. The van der Waals surface area contributed by atoms with E-state index in [-0.39, 0.29) is 29.8 Å². The highest BCUT2D eigenvalue weighted by Crippen LogP contribution is 2.59. The first-order valence-corrected chi connectivity index (χ1v) is 12.4. The highest BCUT2D eigenvalue weighted by molar-refractivity contribution is 7.99. The Morgan fingerprint density at radius 3 is 2.28 bits per heavy atom. The number of benzene rings is 2. The molecule has 1 aromatic heterocycles. The first-order valence-electron chi connectivity index (χ1n) is 11.5. The van der Waals surface area contributed by atoms with Crippen LogP contribution in [0.4, 0.5) is 0 Å². The molecule has 0 saturated carbocycles. The molecule has 4 atom stereocenters. The Hall–Kier alpha value is -3.60. The highest BCUT2D eigenvalue weighted by atomic mass is 32.2. The Morgan fingerprint density at radius 2 is 1.67 bits per heavy atom. The molecule has 0 unspecified atom stereocenters. The Morgan fingerprint density at radius 1 is 0.972 bits per heavy atom. The second-order valence-electron chi connectivity index (χ2n) is 8.83. The molecule has 188 valence electrons. The third-order valence-corrected chi connectivity index (χ3v) is 8.23. The molecule has 1 fully saturated rings. The molecule has 11 heteroatoms. The summed E-state index contributed by atoms with van der Waals surface area (Å²) in [6.07, 6.45) is 0. The number of methoxy groups -OCH3 is 3. The summed E-state index contributed by atoms with van der Waals surface area (Å²) in [5.74, 6) is 2.47. The quantitative estimate of drug-likeness (QED) is 0.492. The van der Waals surface area contributed by atoms with Gasteiger partial charge < -0.3 is 28.4 Å². The Balaban J connectivity index is 1.56. The van der Waals surface area contributed by atoms with Crippen molar-refractivity contribution >= 4 is 17.7 Å². The molecule has 3 aromatic rings. The van der Waals surface area contributed by atoms with Crippen molar-refractivity contribution < 1.29 is 33.2 Å².